The summed E-state index contributed by atoms with van der Waals surface area (Å²) in [5, 5.41) is 19.4. The summed E-state index contributed by atoms with van der Waals surface area (Å²) in [7, 11) is 1.27. The molecule has 4 rings (SSSR count). The number of nitrogen functional groups attached to an aromatic ring is 1. The van der Waals surface area contributed by atoms with Crippen molar-refractivity contribution >= 4 is 57.7 Å². The van der Waals surface area contributed by atoms with Crippen molar-refractivity contribution in [2.45, 2.75) is 45.7 Å². The van der Waals surface area contributed by atoms with E-state index in [1.165, 1.54) is 33.9 Å². The van der Waals surface area contributed by atoms with Crippen LogP contribution in [0.2, 0.25) is 0 Å². The number of aryl methyl sites for hydroxylation is 1. The highest BCUT2D eigenvalue weighted by molar-refractivity contribution is 8.00. The molecule has 0 unspecified atom stereocenters. The number of esters is 2. The zero-order chi connectivity index (χ0) is 29.2. The highest BCUT2D eigenvalue weighted by Crippen LogP contribution is 2.41. The van der Waals surface area contributed by atoms with Crippen molar-refractivity contribution in [2.75, 3.05) is 25.4 Å². The minimum Gasteiger partial charge on any atom is -0.427 e. The largest absolute Gasteiger partial charge is 0.427 e. The summed E-state index contributed by atoms with van der Waals surface area (Å²) in [6.07, 6.45) is 0. The molecule has 16 nitrogen and oxygen atoms in total. The monoisotopic (exact) mass is 593 g/mol. The van der Waals surface area contributed by atoms with E-state index in [2.05, 4.69) is 30.9 Å². The molecule has 3 N–H and O–H groups in total. The third-order valence-corrected chi connectivity index (χ3v) is 7.58. The van der Waals surface area contributed by atoms with Gasteiger partial charge in [-0.3, -0.25) is 19.3 Å². The van der Waals surface area contributed by atoms with Crippen LogP contribution in [0.3, 0.4) is 0 Å². The van der Waals surface area contributed by atoms with E-state index in [-0.39, 0.29) is 34.5 Å². The fraction of sp³-hybridized carbons (Fsp3) is 0.500. The van der Waals surface area contributed by atoms with Crippen LogP contribution in [-0.2, 0) is 40.0 Å². The van der Waals surface area contributed by atoms with Crippen LogP contribution in [0.25, 0.3) is 0 Å². The maximum absolute atomic E-state index is 13.3. The molecule has 2 atom stereocenters. The Morgan fingerprint density at radius 2 is 2.02 bits per heavy atom. The Bertz CT molecular complexity index is 1390. The number of oxime groups is 1. The number of fused-ring (bicyclic) bond motifs is 1. The van der Waals surface area contributed by atoms with Crippen LogP contribution in [-0.4, -0.2) is 90.6 Å². The van der Waals surface area contributed by atoms with Crippen molar-refractivity contribution < 1.29 is 33.5 Å². The van der Waals surface area contributed by atoms with Gasteiger partial charge in [0.1, 0.15) is 29.9 Å². The number of amides is 2. The molecule has 1 saturated heterocycles. The summed E-state index contributed by atoms with van der Waals surface area (Å²) in [6.45, 7) is 6.06. The third kappa shape index (κ3) is 6.06. The predicted molar refractivity (Wildman–Crippen MR) is 141 cm³/mol. The lowest BCUT2D eigenvalue weighted by molar-refractivity contribution is -0.173. The van der Waals surface area contributed by atoms with Crippen molar-refractivity contribution in [3.05, 3.63) is 28.2 Å². The number of thioether (sulfide) groups is 1. The first-order chi connectivity index (χ1) is 18.9. The van der Waals surface area contributed by atoms with Gasteiger partial charge in [-0.2, -0.15) is 4.80 Å². The molecule has 0 aromatic carbocycles. The molecule has 2 aliphatic heterocycles. The molecule has 2 amide bonds. The van der Waals surface area contributed by atoms with Gasteiger partial charge in [0.25, 0.3) is 11.8 Å². The number of ether oxygens (including phenoxy) is 2. The van der Waals surface area contributed by atoms with Crippen molar-refractivity contribution in [3.63, 3.8) is 0 Å². The van der Waals surface area contributed by atoms with Crippen LogP contribution in [0.4, 0.5) is 5.13 Å². The number of hydrogen-bond acceptors (Lipinski definition) is 15. The number of nitrogens with zero attached hydrogens (tertiary/aromatic N) is 7. The number of hydrogen-bond donors (Lipinski definition) is 2. The second kappa shape index (κ2) is 11.6. The highest BCUT2D eigenvalue weighted by Gasteiger charge is 2.55. The van der Waals surface area contributed by atoms with Crippen molar-refractivity contribution in [1.29, 1.82) is 0 Å². The molecule has 0 aliphatic carbocycles. The van der Waals surface area contributed by atoms with E-state index in [0.717, 1.165) is 11.3 Å². The Labute approximate surface area is 236 Å². The Morgan fingerprint density at radius 1 is 1.27 bits per heavy atom. The molecule has 18 heteroatoms. The number of aromatic nitrogens is 5. The lowest BCUT2D eigenvalue weighted by Gasteiger charge is -2.49. The van der Waals surface area contributed by atoms with Gasteiger partial charge >= 0.3 is 11.9 Å². The molecule has 40 heavy (non-hydrogen) atoms. The number of β-lactam (4-membered cyclic amide) rings is 1. The molecule has 214 valence electrons. The Morgan fingerprint density at radius 3 is 2.62 bits per heavy atom. The average Bonchev–Trinajstić information content (AvgIpc) is 3.51. The van der Waals surface area contributed by atoms with Gasteiger partial charge in [-0.05, 0) is 38.5 Å². The number of rotatable bonds is 9. The molecule has 0 spiro atoms. The standard InChI is InChI=1S/C22H27N9O7S2/c1-10-26-29-30(27-10)6-11-7-39-18-14(25-16(32)13(28-36-5)12-8-40-21(23)24-12)17(33)31(18)15(11)19(34)37-9-38-20(35)22(2,3)4/h8,14,18H,6-7,9H2,1-5H3,(H2,23,24)(H,25,32)/b28-13-/t14-,18-/m1/s1. The molecular weight excluding hydrogens is 566 g/mol. The van der Waals surface area contributed by atoms with E-state index in [4.69, 9.17) is 20.0 Å². The summed E-state index contributed by atoms with van der Waals surface area (Å²) < 4.78 is 10.3. The van der Waals surface area contributed by atoms with Crippen LogP contribution in [0.1, 0.15) is 32.3 Å². The number of carbonyl (C=O) groups is 4. The smallest absolute Gasteiger partial charge is 0.358 e. The number of thiazole rings is 1. The summed E-state index contributed by atoms with van der Waals surface area (Å²) in [4.78, 5) is 62.9. The molecular formula is C22H27N9O7S2. The second-order valence-electron chi connectivity index (χ2n) is 9.61. The van der Waals surface area contributed by atoms with Crippen molar-refractivity contribution in [2.24, 2.45) is 10.6 Å². The van der Waals surface area contributed by atoms with Gasteiger partial charge in [0, 0.05) is 11.1 Å². The number of tetrazole rings is 1. The Hall–Kier alpha value is -4.06. The van der Waals surface area contributed by atoms with Gasteiger partial charge in [0.15, 0.2) is 16.7 Å². The van der Waals surface area contributed by atoms with Crippen LogP contribution >= 0.6 is 23.1 Å². The predicted octanol–water partition coefficient (Wildman–Crippen LogP) is -0.185. The maximum atomic E-state index is 13.3. The first kappa shape index (κ1) is 28.9. The average molecular weight is 594 g/mol. The number of nitrogens with one attached hydrogen (secondary N) is 1. The fourth-order valence-electron chi connectivity index (χ4n) is 3.68. The molecule has 2 aromatic rings. The van der Waals surface area contributed by atoms with E-state index in [1.54, 1.807) is 27.7 Å². The van der Waals surface area contributed by atoms with Crippen LogP contribution in [0.15, 0.2) is 21.8 Å². The highest BCUT2D eigenvalue weighted by atomic mass is 32.2. The maximum Gasteiger partial charge on any atom is 0.358 e. The summed E-state index contributed by atoms with van der Waals surface area (Å²) >= 11 is 2.44. The molecule has 2 aliphatic rings. The summed E-state index contributed by atoms with van der Waals surface area (Å²) in [6, 6.07) is -0.981. The van der Waals surface area contributed by atoms with Gasteiger partial charge < -0.3 is 25.4 Å². The minimum absolute atomic E-state index is 0.0425. The number of carbonyl (C=O) groups excluding carboxylic acids is 4. The van der Waals surface area contributed by atoms with Crippen molar-refractivity contribution in [1.82, 2.24) is 35.4 Å². The fourth-order valence-corrected chi connectivity index (χ4v) is 5.56. The molecule has 2 aromatic heterocycles. The molecule has 4 heterocycles. The van der Waals surface area contributed by atoms with Crippen LogP contribution in [0, 0.1) is 12.3 Å². The molecule has 1 fully saturated rings. The van der Waals surface area contributed by atoms with Gasteiger partial charge in [-0.25, -0.2) is 9.78 Å². The normalized spacial score (nSPS) is 19.1. The Balaban J connectivity index is 1.53. The molecule has 0 bridgehead atoms. The first-order valence-electron chi connectivity index (χ1n) is 11.8. The van der Waals surface area contributed by atoms with E-state index in [9.17, 15) is 19.2 Å². The van der Waals surface area contributed by atoms with Crippen LogP contribution in [0.5, 0.6) is 0 Å². The quantitative estimate of drug-likeness (QED) is 0.127. The zero-order valence-corrected chi connectivity index (χ0v) is 23.9. The minimum atomic E-state index is -0.981. The van der Waals surface area contributed by atoms with Gasteiger partial charge in [-0.15, -0.1) is 33.3 Å². The lowest BCUT2D eigenvalue weighted by atomic mass is 9.98. The Kier molecular flexibility index (Phi) is 8.38. The summed E-state index contributed by atoms with van der Waals surface area (Å²) in [5.41, 5.74) is 5.35. The SMILES string of the molecule is CO/N=C(\C(=O)N[C@@H]1C(=O)N2C(C(=O)OCOC(=O)C(C)(C)C)=C(Cn3nnc(C)n3)CS[C@H]12)c1csc(N)n1. The first-order valence-corrected chi connectivity index (χ1v) is 13.7. The van der Waals surface area contributed by atoms with E-state index in [1.807, 2.05) is 0 Å². The van der Waals surface area contributed by atoms with E-state index < -0.39 is 47.4 Å². The zero-order valence-electron chi connectivity index (χ0n) is 22.2. The summed E-state index contributed by atoms with van der Waals surface area (Å²) in [5.74, 6) is -1.99. The van der Waals surface area contributed by atoms with Crippen LogP contribution < -0.4 is 11.1 Å². The molecule has 0 saturated carbocycles. The molecule has 0 radical (unpaired) electrons. The number of anilines is 1. The topological polar surface area (TPSA) is 206 Å². The van der Waals surface area contributed by atoms with Gasteiger partial charge in [0.2, 0.25) is 6.79 Å². The van der Waals surface area contributed by atoms with E-state index >= 15 is 0 Å². The lowest BCUT2D eigenvalue weighted by Crippen LogP contribution is -2.71. The van der Waals surface area contributed by atoms with Gasteiger partial charge in [0.05, 0.1) is 12.0 Å². The second-order valence-corrected chi connectivity index (χ2v) is 11.6. The van der Waals surface area contributed by atoms with E-state index in [0.29, 0.717) is 11.4 Å². The van der Waals surface area contributed by atoms with Crippen molar-refractivity contribution in [3.8, 4) is 0 Å². The van der Waals surface area contributed by atoms with Gasteiger partial charge in [-0.1, -0.05) is 5.16 Å². The third-order valence-electron chi connectivity index (χ3n) is 5.57. The number of nitrogens with two attached hydrogens (primary N) is 1.